The van der Waals surface area contributed by atoms with E-state index < -0.39 is 0 Å². The molecule has 48 valence electrons. The van der Waals surface area contributed by atoms with Crippen LogP contribution in [-0.2, 0) is 0 Å². The van der Waals surface area contributed by atoms with Crippen molar-refractivity contribution in [2.75, 3.05) is 0 Å². The summed E-state index contributed by atoms with van der Waals surface area (Å²) in [7, 11) is 0. The van der Waals surface area contributed by atoms with Crippen molar-refractivity contribution in [1.29, 1.82) is 0 Å². The van der Waals surface area contributed by atoms with Gasteiger partial charge in [0.15, 0.2) is 0 Å². The lowest BCUT2D eigenvalue weighted by Gasteiger charge is -2.06. The fraction of sp³-hybridized carbons (Fsp3) is 1.00. The third-order valence-electron chi connectivity index (χ3n) is 1.76. The average Bonchev–Trinajstić information content (AvgIpc) is 2.12. The minimum absolute atomic E-state index is 0.113. The molecule has 0 aromatic rings. The van der Waals surface area contributed by atoms with Gasteiger partial charge in [0, 0.05) is 0 Å². The maximum Gasteiger partial charge on any atom is 0.110 e. The van der Waals surface area contributed by atoms with Crippen molar-refractivity contribution in [2.24, 2.45) is 5.92 Å². The van der Waals surface area contributed by atoms with Crippen LogP contribution in [0.15, 0.2) is 0 Å². The fourth-order valence-electron chi connectivity index (χ4n) is 1.21. The first-order valence-electron chi connectivity index (χ1n) is 3.09. The normalized spacial score (nSPS) is 22.9. The Labute approximate surface area is 60.2 Å². The molecule has 0 nitrogen and oxygen atoms in total. The maximum absolute atomic E-state index is 5.65. The molecule has 0 aromatic heterocycles. The van der Waals surface area contributed by atoms with Crippen LogP contribution < -0.4 is 0 Å². The summed E-state index contributed by atoms with van der Waals surface area (Å²) in [5.41, 5.74) is 0. The van der Waals surface area contributed by atoms with Gasteiger partial charge in [-0.25, -0.2) is 0 Å². The van der Waals surface area contributed by atoms with Gasteiger partial charge in [-0.05, 0) is 18.8 Å². The molecular formula is C6H10Cl2. The van der Waals surface area contributed by atoms with Crippen molar-refractivity contribution in [1.82, 2.24) is 0 Å². The predicted octanol–water partition coefficient (Wildman–Crippen LogP) is 2.98. The Morgan fingerprint density at radius 3 is 1.88 bits per heavy atom. The van der Waals surface area contributed by atoms with E-state index in [1.807, 2.05) is 0 Å². The summed E-state index contributed by atoms with van der Waals surface area (Å²) in [6.45, 7) is 0. The molecule has 0 radical (unpaired) electrons. The highest BCUT2D eigenvalue weighted by atomic mass is 35.5. The second kappa shape index (κ2) is 2.93. The molecule has 0 N–H and O–H groups in total. The Kier molecular flexibility index (Phi) is 2.45. The monoisotopic (exact) mass is 152 g/mol. The van der Waals surface area contributed by atoms with E-state index in [2.05, 4.69) is 0 Å². The molecule has 0 spiro atoms. The Morgan fingerprint density at radius 1 is 1.12 bits per heavy atom. The van der Waals surface area contributed by atoms with Crippen molar-refractivity contribution < 1.29 is 0 Å². The van der Waals surface area contributed by atoms with E-state index in [0.717, 1.165) is 0 Å². The highest BCUT2D eigenvalue weighted by Gasteiger charge is 2.20. The van der Waals surface area contributed by atoms with Gasteiger partial charge in [-0.3, -0.25) is 0 Å². The van der Waals surface area contributed by atoms with Crippen molar-refractivity contribution in [3.8, 4) is 0 Å². The van der Waals surface area contributed by atoms with Gasteiger partial charge in [-0.1, -0.05) is 12.8 Å². The van der Waals surface area contributed by atoms with Crippen LogP contribution in [0.1, 0.15) is 25.7 Å². The molecule has 2 heteroatoms. The molecule has 1 aliphatic carbocycles. The van der Waals surface area contributed by atoms with Gasteiger partial charge in [-0.2, -0.15) is 0 Å². The van der Waals surface area contributed by atoms with Crippen molar-refractivity contribution in [3.63, 3.8) is 0 Å². The van der Waals surface area contributed by atoms with Gasteiger partial charge < -0.3 is 0 Å². The molecule has 0 saturated heterocycles. The Hall–Kier alpha value is 0.580. The number of hydrogen-bond acceptors (Lipinski definition) is 0. The summed E-state index contributed by atoms with van der Waals surface area (Å²) in [6.07, 6.45) is 5.11. The van der Waals surface area contributed by atoms with Crippen LogP contribution in [0, 0.1) is 5.92 Å². The van der Waals surface area contributed by atoms with Gasteiger partial charge in [0.2, 0.25) is 0 Å². The topological polar surface area (TPSA) is 0 Å². The molecule has 1 saturated carbocycles. The van der Waals surface area contributed by atoms with Crippen molar-refractivity contribution >= 4 is 23.2 Å². The van der Waals surface area contributed by atoms with E-state index >= 15 is 0 Å². The number of hydrogen-bond donors (Lipinski definition) is 0. The minimum atomic E-state index is -0.113. The molecule has 1 fully saturated rings. The lowest BCUT2D eigenvalue weighted by molar-refractivity contribution is 0.591. The maximum atomic E-state index is 5.65. The summed E-state index contributed by atoms with van der Waals surface area (Å²) < 4.78 is 0. The summed E-state index contributed by atoms with van der Waals surface area (Å²) in [5, 5.41) is 0. The Morgan fingerprint density at radius 2 is 1.62 bits per heavy atom. The molecular weight excluding hydrogens is 143 g/mol. The van der Waals surface area contributed by atoms with E-state index in [1.165, 1.54) is 25.7 Å². The fourth-order valence-corrected chi connectivity index (χ4v) is 1.71. The smallest absolute Gasteiger partial charge is 0.105 e. The summed E-state index contributed by atoms with van der Waals surface area (Å²) in [5.74, 6) is 0.596. The first-order valence-corrected chi connectivity index (χ1v) is 3.96. The number of alkyl halides is 2. The molecule has 1 aliphatic rings. The largest absolute Gasteiger partial charge is 0.110 e. The van der Waals surface area contributed by atoms with Gasteiger partial charge in [-0.15, -0.1) is 23.2 Å². The zero-order valence-electron chi connectivity index (χ0n) is 4.74. The first kappa shape index (κ1) is 6.70. The van der Waals surface area contributed by atoms with Crippen LogP contribution in [0.2, 0.25) is 0 Å². The second-order valence-electron chi connectivity index (χ2n) is 2.38. The minimum Gasteiger partial charge on any atom is -0.105 e. The van der Waals surface area contributed by atoms with Gasteiger partial charge in [0.25, 0.3) is 0 Å². The molecule has 1 rings (SSSR count). The summed E-state index contributed by atoms with van der Waals surface area (Å²) in [4.78, 5) is -0.113. The van der Waals surface area contributed by atoms with Crippen LogP contribution in [0.25, 0.3) is 0 Å². The summed E-state index contributed by atoms with van der Waals surface area (Å²) >= 11 is 11.3. The van der Waals surface area contributed by atoms with E-state index in [9.17, 15) is 0 Å². The van der Waals surface area contributed by atoms with Crippen LogP contribution >= 0.6 is 23.2 Å². The zero-order chi connectivity index (χ0) is 5.98. The van der Waals surface area contributed by atoms with Gasteiger partial charge in [0.05, 0.1) is 0 Å². The predicted molar refractivity (Wildman–Crippen MR) is 37.5 cm³/mol. The Balaban J connectivity index is 2.24. The van der Waals surface area contributed by atoms with Crippen LogP contribution in [-0.4, -0.2) is 4.84 Å². The molecule has 0 aromatic carbocycles. The highest BCUT2D eigenvalue weighted by Crippen LogP contribution is 2.31. The number of rotatable bonds is 1. The zero-order valence-corrected chi connectivity index (χ0v) is 6.25. The standard InChI is InChI=1S/C6H10Cl2/c7-6(8)5-3-1-2-4-5/h5-6H,1-4H2. The molecule has 8 heavy (non-hydrogen) atoms. The summed E-state index contributed by atoms with van der Waals surface area (Å²) in [6, 6.07) is 0. The van der Waals surface area contributed by atoms with E-state index in [0.29, 0.717) is 5.92 Å². The molecule has 0 atom stereocenters. The molecule has 0 unspecified atom stereocenters. The molecule has 0 amide bonds. The molecule has 0 aliphatic heterocycles. The van der Waals surface area contributed by atoms with Crippen molar-refractivity contribution in [3.05, 3.63) is 0 Å². The van der Waals surface area contributed by atoms with E-state index in [1.54, 1.807) is 0 Å². The first-order chi connectivity index (χ1) is 3.80. The van der Waals surface area contributed by atoms with Crippen molar-refractivity contribution in [2.45, 2.75) is 30.5 Å². The molecule has 0 heterocycles. The van der Waals surface area contributed by atoms with E-state index in [4.69, 9.17) is 23.2 Å². The lowest BCUT2D eigenvalue weighted by Crippen LogP contribution is -2.02. The quantitative estimate of drug-likeness (QED) is 0.508. The molecule has 0 bridgehead atoms. The Bertz CT molecular complexity index is 64.9. The third kappa shape index (κ3) is 1.53. The SMILES string of the molecule is ClC(Cl)C1CCCC1. The number of halogens is 2. The van der Waals surface area contributed by atoms with Crippen LogP contribution in [0.5, 0.6) is 0 Å². The highest BCUT2D eigenvalue weighted by molar-refractivity contribution is 6.44. The van der Waals surface area contributed by atoms with Crippen LogP contribution in [0.4, 0.5) is 0 Å². The van der Waals surface area contributed by atoms with E-state index in [-0.39, 0.29) is 4.84 Å². The van der Waals surface area contributed by atoms with Gasteiger partial charge >= 0.3 is 0 Å². The average molecular weight is 153 g/mol. The lowest BCUT2D eigenvalue weighted by atomic mass is 10.1. The third-order valence-corrected chi connectivity index (χ3v) is 2.47. The second-order valence-corrected chi connectivity index (χ2v) is 3.54. The van der Waals surface area contributed by atoms with Gasteiger partial charge in [0.1, 0.15) is 4.84 Å². The van der Waals surface area contributed by atoms with Crippen LogP contribution in [0.3, 0.4) is 0 Å².